The number of carbonyl (C=O) groups is 3. The van der Waals surface area contributed by atoms with E-state index in [1.54, 1.807) is 109 Å². The first-order valence-electron chi connectivity index (χ1n) is 14.6. The maximum atomic E-state index is 13.6. The summed E-state index contributed by atoms with van der Waals surface area (Å²) in [5.41, 5.74) is 0.853. The molecule has 12 heteroatoms. The van der Waals surface area contributed by atoms with Gasteiger partial charge < -0.3 is 16.0 Å². The van der Waals surface area contributed by atoms with Gasteiger partial charge in [0.05, 0.1) is 16.3 Å². The second-order valence-electron chi connectivity index (χ2n) is 10.5. The molecule has 0 heterocycles. The Morgan fingerprint density at radius 2 is 1.47 bits per heavy atom. The van der Waals surface area contributed by atoms with E-state index in [9.17, 15) is 27.6 Å². The standard InChI is InChI=1S/C37H26BrClF3N3O3S/c38-27-14-7-9-23(19-27)20-32(45-34(46)25-12-5-2-6-13-25)35(47)43-28-15-8-16-29(22-28)49-33(24-10-3-1-4-11-24)36(48)44-31-21-26(37(40,41)42)17-18-30(31)39/h1-22,33H,(H,43,47)(H,44,48)(H,45,46)/b32-20+. The van der Waals surface area contributed by atoms with E-state index in [0.717, 1.165) is 34.4 Å². The maximum Gasteiger partial charge on any atom is 0.416 e. The fraction of sp³-hybridized carbons (Fsp3) is 0.0541. The number of hydrogen-bond donors (Lipinski definition) is 3. The Balaban J connectivity index is 1.39. The number of carbonyl (C=O) groups excluding carboxylic acids is 3. The molecule has 5 aromatic carbocycles. The highest BCUT2D eigenvalue weighted by molar-refractivity contribution is 9.10. The number of thioether (sulfide) groups is 1. The molecule has 6 nitrogen and oxygen atoms in total. The van der Waals surface area contributed by atoms with Gasteiger partial charge in [0.1, 0.15) is 10.9 Å². The molecule has 0 fully saturated rings. The number of hydrogen-bond acceptors (Lipinski definition) is 4. The van der Waals surface area contributed by atoms with Crippen molar-refractivity contribution in [3.8, 4) is 0 Å². The fourth-order valence-corrected chi connectivity index (χ4v) is 6.25. The molecule has 0 radical (unpaired) electrons. The molecule has 0 aliphatic heterocycles. The summed E-state index contributed by atoms with van der Waals surface area (Å²) in [6, 6.07) is 33.8. The summed E-state index contributed by atoms with van der Waals surface area (Å²) in [6.07, 6.45) is -3.08. The van der Waals surface area contributed by atoms with Gasteiger partial charge in [-0.25, -0.2) is 0 Å². The van der Waals surface area contributed by atoms with Crippen LogP contribution in [0, 0.1) is 0 Å². The number of amides is 3. The lowest BCUT2D eigenvalue weighted by atomic mass is 10.1. The van der Waals surface area contributed by atoms with Crippen LogP contribution in [0.3, 0.4) is 0 Å². The molecule has 0 spiro atoms. The molecule has 248 valence electrons. The van der Waals surface area contributed by atoms with E-state index >= 15 is 0 Å². The van der Waals surface area contributed by atoms with Crippen molar-refractivity contribution >= 4 is 74.5 Å². The van der Waals surface area contributed by atoms with Gasteiger partial charge in [0.15, 0.2) is 0 Å². The molecule has 1 unspecified atom stereocenters. The van der Waals surface area contributed by atoms with Gasteiger partial charge in [0.2, 0.25) is 5.91 Å². The summed E-state index contributed by atoms with van der Waals surface area (Å²) < 4.78 is 40.9. The van der Waals surface area contributed by atoms with E-state index in [2.05, 4.69) is 31.9 Å². The van der Waals surface area contributed by atoms with Crippen molar-refractivity contribution in [3.05, 3.63) is 165 Å². The second-order valence-corrected chi connectivity index (χ2v) is 13.0. The molecule has 3 N–H and O–H groups in total. The van der Waals surface area contributed by atoms with Crippen molar-refractivity contribution in [1.82, 2.24) is 5.32 Å². The zero-order chi connectivity index (χ0) is 35.0. The Kier molecular flexibility index (Phi) is 11.6. The number of nitrogens with one attached hydrogen (secondary N) is 3. The largest absolute Gasteiger partial charge is 0.416 e. The quantitative estimate of drug-likeness (QED) is 0.0977. The van der Waals surface area contributed by atoms with Crippen LogP contribution >= 0.6 is 39.3 Å². The molecule has 0 aliphatic rings. The van der Waals surface area contributed by atoms with Gasteiger partial charge >= 0.3 is 6.18 Å². The Morgan fingerprint density at radius 1 is 0.776 bits per heavy atom. The molecule has 49 heavy (non-hydrogen) atoms. The van der Waals surface area contributed by atoms with Crippen LogP contribution in [0.15, 0.2) is 142 Å². The van der Waals surface area contributed by atoms with E-state index in [-0.39, 0.29) is 16.4 Å². The van der Waals surface area contributed by atoms with Crippen LogP contribution in [0.5, 0.6) is 0 Å². The van der Waals surface area contributed by atoms with Gasteiger partial charge in [-0.15, -0.1) is 11.8 Å². The van der Waals surface area contributed by atoms with Crippen molar-refractivity contribution in [2.45, 2.75) is 16.3 Å². The van der Waals surface area contributed by atoms with Crippen molar-refractivity contribution in [2.75, 3.05) is 10.6 Å². The highest BCUT2D eigenvalue weighted by Crippen LogP contribution is 2.39. The smallest absolute Gasteiger partial charge is 0.323 e. The van der Waals surface area contributed by atoms with E-state index in [0.29, 0.717) is 27.3 Å². The molecule has 5 aromatic rings. The summed E-state index contributed by atoms with van der Waals surface area (Å²) in [7, 11) is 0. The minimum atomic E-state index is -4.63. The van der Waals surface area contributed by atoms with Gasteiger partial charge in [-0.1, -0.05) is 94.3 Å². The van der Waals surface area contributed by atoms with E-state index in [1.807, 2.05) is 6.07 Å². The summed E-state index contributed by atoms with van der Waals surface area (Å²) >= 11 is 10.7. The van der Waals surface area contributed by atoms with Crippen molar-refractivity contribution in [2.24, 2.45) is 0 Å². The first-order valence-corrected chi connectivity index (χ1v) is 16.7. The third-order valence-electron chi connectivity index (χ3n) is 6.93. The van der Waals surface area contributed by atoms with Crippen LogP contribution in [0.25, 0.3) is 6.08 Å². The van der Waals surface area contributed by atoms with Crippen LogP contribution in [-0.4, -0.2) is 17.7 Å². The van der Waals surface area contributed by atoms with Crippen molar-refractivity contribution in [3.63, 3.8) is 0 Å². The van der Waals surface area contributed by atoms with E-state index in [4.69, 9.17) is 11.6 Å². The monoisotopic (exact) mass is 763 g/mol. The first kappa shape index (κ1) is 35.5. The third-order valence-corrected chi connectivity index (χ3v) is 9.00. The average molecular weight is 765 g/mol. The van der Waals surface area contributed by atoms with Gasteiger partial charge in [-0.2, -0.15) is 13.2 Å². The van der Waals surface area contributed by atoms with Gasteiger partial charge in [0, 0.05) is 20.6 Å². The highest BCUT2D eigenvalue weighted by Gasteiger charge is 2.32. The second kappa shape index (κ2) is 16.0. The molecule has 0 bridgehead atoms. The number of alkyl halides is 3. The van der Waals surface area contributed by atoms with Gasteiger partial charge in [-0.05, 0) is 77.9 Å². The number of halogens is 5. The van der Waals surface area contributed by atoms with Crippen LogP contribution < -0.4 is 16.0 Å². The van der Waals surface area contributed by atoms with E-state index in [1.165, 1.54) is 0 Å². The summed E-state index contributed by atoms with van der Waals surface area (Å²) in [5, 5.41) is 7.11. The number of rotatable bonds is 10. The molecule has 1 atom stereocenters. The van der Waals surface area contributed by atoms with Crippen LogP contribution in [0.1, 0.15) is 32.3 Å². The summed E-state index contributed by atoms with van der Waals surface area (Å²) in [5.74, 6) is -1.67. The van der Waals surface area contributed by atoms with Crippen LogP contribution in [-0.2, 0) is 15.8 Å². The number of anilines is 2. The molecule has 0 saturated heterocycles. The Bertz CT molecular complexity index is 2010. The maximum absolute atomic E-state index is 13.6. The lowest BCUT2D eigenvalue weighted by Crippen LogP contribution is -2.30. The molecule has 5 rings (SSSR count). The van der Waals surface area contributed by atoms with Gasteiger partial charge in [-0.3, -0.25) is 14.4 Å². The van der Waals surface area contributed by atoms with E-state index < -0.39 is 34.7 Å². The zero-order valence-corrected chi connectivity index (χ0v) is 28.5. The molecule has 0 aliphatic carbocycles. The number of benzene rings is 5. The Morgan fingerprint density at radius 3 is 2.16 bits per heavy atom. The molecule has 0 aromatic heterocycles. The Hall–Kier alpha value is -4.84. The average Bonchev–Trinajstić information content (AvgIpc) is 3.08. The van der Waals surface area contributed by atoms with Crippen LogP contribution in [0.4, 0.5) is 24.5 Å². The zero-order valence-electron chi connectivity index (χ0n) is 25.3. The minimum Gasteiger partial charge on any atom is -0.323 e. The SMILES string of the molecule is O=C(Nc1cccc(SC(C(=O)Nc2cc(C(F)(F)F)ccc2Cl)c2ccccc2)c1)/C(=C\c1cccc(Br)c1)NC(=O)c1ccccc1. The predicted octanol–water partition coefficient (Wildman–Crippen LogP) is 10.0. The molecular formula is C37H26BrClF3N3O3S. The molecule has 0 saturated carbocycles. The van der Waals surface area contributed by atoms with Crippen molar-refractivity contribution < 1.29 is 27.6 Å². The molecular weight excluding hydrogens is 739 g/mol. The van der Waals surface area contributed by atoms with Crippen LogP contribution in [0.2, 0.25) is 5.02 Å². The predicted molar refractivity (Wildman–Crippen MR) is 191 cm³/mol. The highest BCUT2D eigenvalue weighted by atomic mass is 79.9. The summed E-state index contributed by atoms with van der Waals surface area (Å²) in [6.45, 7) is 0. The minimum absolute atomic E-state index is 0.00971. The summed E-state index contributed by atoms with van der Waals surface area (Å²) in [4.78, 5) is 40.8. The van der Waals surface area contributed by atoms with Crippen molar-refractivity contribution in [1.29, 1.82) is 0 Å². The van der Waals surface area contributed by atoms with Gasteiger partial charge in [0.25, 0.3) is 11.8 Å². The third kappa shape index (κ3) is 9.85. The molecule has 3 amide bonds. The lowest BCUT2D eigenvalue weighted by molar-refractivity contribution is -0.137. The Labute approximate surface area is 297 Å². The normalized spacial score (nSPS) is 12.1. The lowest BCUT2D eigenvalue weighted by Gasteiger charge is -2.19. The topological polar surface area (TPSA) is 87.3 Å². The fourth-order valence-electron chi connectivity index (χ4n) is 4.58. The first-order chi connectivity index (χ1) is 23.5.